The zero-order chi connectivity index (χ0) is 21.0. The van der Waals surface area contributed by atoms with E-state index < -0.39 is 0 Å². The highest BCUT2D eigenvalue weighted by molar-refractivity contribution is 6.18. The first-order valence-electron chi connectivity index (χ1n) is 10.6. The molecule has 0 bridgehead atoms. The number of fused-ring (bicyclic) bond motifs is 3. The molecule has 0 saturated carbocycles. The van der Waals surface area contributed by atoms with E-state index in [2.05, 4.69) is 108 Å². The summed E-state index contributed by atoms with van der Waals surface area (Å²) < 4.78 is 0. The lowest BCUT2D eigenvalue weighted by atomic mass is 9.87. The van der Waals surface area contributed by atoms with E-state index >= 15 is 0 Å². The van der Waals surface area contributed by atoms with Gasteiger partial charge in [0.15, 0.2) is 0 Å². The largest absolute Gasteiger partial charge is 0.372 e. The fraction of sp³-hybridized carbons (Fsp3) is 0.0690. The molecule has 0 fully saturated rings. The Bertz CT molecular complexity index is 1370. The molecular formula is C29H24N2. The van der Waals surface area contributed by atoms with Crippen LogP contribution >= 0.6 is 0 Å². The number of aryl methyl sites for hydroxylation is 1. The number of aliphatic imine (C=N–C) groups is 1. The van der Waals surface area contributed by atoms with Gasteiger partial charge < -0.3 is 5.32 Å². The number of benzene rings is 5. The summed E-state index contributed by atoms with van der Waals surface area (Å²) in [6.07, 6.45) is 5.51. The van der Waals surface area contributed by atoms with Crippen LogP contribution in [0.25, 0.3) is 43.4 Å². The first-order chi connectivity index (χ1) is 15.3. The van der Waals surface area contributed by atoms with Crippen molar-refractivity contribution in [2.75, 3.05) is 6.67 Å². The molecule has 0 radical (unpaired) electrons. The Morgan fingerprint density at radius 3 is 1.77 bits per heavy atom. The Morgan fingerprint density at radius 1 is 0.645 bits per heavy atom. The minimum atomic E-state index is 0.733. The van der Waals surface area contributed by atoms with Gasteiger partial charge in [0, 0.05) is 6.21 Å². The average molecular weight is 401 g/mol. The van der Waals surface area contributed by atoms with Crippen molar-refractivity contribution in [3.8, 4) is 11.1 Å². The molecule has 5 aromatic rings. The molecule has 1 aliphatic rings. The van der Waals surface area contributed by atoms with Gasteiger partial charge in [-0.2, -0.15) is 0 Å². The van der Waals surface area contributed by atoms with E-state index in [-0.39, 0.29) is 0 Å². The van der Waals surface area contributed by atoms with Gasteiger partial charge in [-0.25, -0.2) is 0 Å². The van der Waals surface area contributed by atoms with Crippen molar-refractivity contribution in [2.24, 2.45) is 4.99 Å². The number of nitrogens with one attached hydrogen (secondary N) is 1. The molecular weight excluding hydrogens is 376 g/mol. The van der Waals surface area contributed by atoms with E-state index in [4.69, 9.17) is 0 Å². The minimum absolute atomic E-state index is 0.733. The maximum absolute atomic E-state index is 3.85. The summed E-state index contributed by atoms with van der Waals surface area (Å²) in [6, 6.07) is 32.8. The Labute approximate surface area is 182 Å². The third-order valence-corrected chi connectivity index (χ3v) is 5.85. The smallest absolute Gasteiger partial charge is 0.107 e. The molecule has 1 N–H and O–H groups in total. The number of hydrogen-bond donors (Lipinski definition) is 1. The summed E-state index contributed by atoms with van der Waals surface area (Å²) in [6.45, 7) is 2.97. The quantitative estimate of drug-likeness (QED) is 0.294. The lowest BCUT2D eigenvalue weighted by Gasteiger charge is -2.16. The predicted octanol–water partition coefficient (Wildman–Crippen LogP) is 7.25. The third kappa shape index (κ3) is 3.57. The molecule has 2 nitrogen and oxygen atoms in total. The van der Waals surface area contributed by atoms with Crippen LogP contribution in [0.15, 0.2) is 108 Å². The predicted molar refractivity (Wildman–Crippen MR) is 135 cm³/mol. The van der Waals surface area contributed by atoms with Crippen LogP contribution in [0.2, 0.25) is 0 Å². The summed E-state index contributed by atoms with van der Waals surface area (Å²) in [5.41, 5.74) is 4.01. The molecule has 0 saturated heterocycles. The maximum Gasteiger partial charge on any atom is 0.107 e. The van der Waals surface area contributed by atoms with E-state index in [1.807, 2.05) is 12.3 Å². The van der Waals surface area contributed by atoms with Crippen LogP contribution in [0.3, 0.4) is 0 Å². The number of rotatable bonds is 1. The molecule has 0 atom stereocenters. The molecule has 150 valence electrons. The SMILES string of the molecule is C1=CNCN=C1.Cc1c2ccccc2c(-c2cccc3ccccc23)c2ccccc12. The molecule has 0 unspecified atom stereocenters. The van der Waals surface area contributed by atoms with Gasteiger partial charge in [-0.05, 0) is 68.2 Å². The van der Waals surface area contributed by atoms with Crippen molar-refractivity contribution in [1.82, 2.24) is 5.32 Å². The second-order valence-corrected chi connectivity index (χ2v) is 7.67. The number of hydrogen-bond acceptors (Lipinski definition) is 2. The van der Waals surface area contributed by atoms with Gasteiger partial charge in [-0.15, -0.1) is 0 Å². The van der Waals surface area contributed by atoms with Crippen molar-refractivity contribution < 1.29 is 0 Å². The monoisotopic (exact) mass is 400 g/mol. The highest BCUT2D eigenvalue weighted by atomic mass is 15.0. The number of allylic oxidation sites excluding steroid dienone is 1. The Balaban J connectivity index is 0.000000296. The van der Waals surface area contributed by atoms with E-state index in [0.29, 0.717) is 0 Å². The van der Waals surface area contributed by atoms with Gasteiger partial charge in [-0.3, -0.25) is 4.99 Å². The summed E-state index contributed by atoms with van der Waals surface area (Å²) in [4.78, 5) is 3.85. The van der Waals surface area contributed by atoms with Crippen LogP contribution in [0.5, 0.6) is 0 Å². The van der Waals surface area contributed by atoms with Crippen LogP contribution < -0.4 is 5.32 Å². The number of nitrogens with zero attached hydrogens (tertiary/aromatic N) is 1. The Morgan fingerprint density at radius 2 is 1.23 bits per heavy atom. The molecule has 0 aromatic heterocycles. The van der Waals surface area contributed by atoms with E-state index in [1.54, 1.807) is 6.21 Å². The fourth-order valence-corrected chi connectivity index (χ4v) is 4.41. The second-order valence-electron chi connectivity index (χ2n) is 7.67. The summed E-state index contributed by atoms with van der Waals surface area (Å²) in [5, 5.41) is 10.8. The summed E-state index contributed by atoms with van der Waals surface area (Å²) in [5.74, 6) is 0. The van der Waals surface area contributed by atoms with Crippen LogP contribution in [-0.2, 0) is 0 Å². The molecule has 1 aliphatic heterocycles. The average Bonchev–Trinajstić information content (AvgIpc) is 2.86. The highest BCUT2D eigenvalue weighted by Gasteiger charge is 2.14. The van der Waals surface area contributed by atoms with Crippen molar-refractivity contribution in [1.29, 1.82) is 0 Å². The molecule has 1 heterocycles. The van der Waals surface area contributed by atoms with Crippen molar-refractivity contribution >= 4 is 38.5 Å². The lowest BCUT2D eigenvalue weighted by molar-refractivity contribution is 0.879. The maximum atomic E-state index is 3.85. The molecule has 0 amide bonds. The first-order valence-corrected chi connectivity index (χ1v) is 10.6. The van der Waals surface area contributed by atoms with Gasteiger partial charge in [0.2, 0.25) is 0 Å². The van der Waals surface area contributed by atoms with E-state index in [9.17, 15) is 0 Å². The molecule has 2 heteroatoms. The molecule has 0 spiro atoms. The normalized spacial score (nSPS) is 12.5. The third-order valence-electron chi connectivity index (χ3n) is 5.85. The topological polar surface area (TPSA) is 24.4 Å². The van der Waals surface area contributed by atoms with Crippen molar-refractivity contribution in [3.63, 3.8) is 0 Å². The van der Waals surface area contributed by atoms with Gasteiger partial charge in [0.05, 0.1) is 0 Å². The summed E-state index contributed by atoms with van der Waals surface area (Å²) in [7, 11) is 0. The van der Waals surface area contributed by atoms with Gasteiger partial charge in [-0.1, -0.05) is 91.0 Å². The molecule has 5 aromatic carbocycles. The molecule has 31 heavy (non-hydrogen) atoms. The van der Waals surface area contributed by atoms with E-state index in [1.165, 1.54) is 49.0 Å². The zero-order valence-electron chi connectivity index (χ0n) is 17.5. The molecule has 6 rings (SSSR count). The van der Waals surface area contributed by atoms with Crippen LogP contribution in [0, 0.1) is 6.92 Å². The Hall–Kier alpha value is -3.91. The van der Waals surface area contributed by atoms with Crippen LogP contribution in [0.4, 0.5) is 0 Å². The van der Waals surface area contributed by atoms with Crippen molar-refractivity contribution in [2.45, 2.75) is 6.92 Å². The van der Waals surface area contributed by atoms with Gasteiger partial charge in [0.1, 0.15) is 6.67 Å². The molecule has 0 aliphatic carbocycles. The fourth-order valence-electron chi connectivity index (χ4n) is 4.41. The van der Waals surface area contributed by atoms with Gasteiger partial charge in [0.25, 0.3) is 0 Å². The standard InChI is InChI=1S/C25H18.C4H6N2/c1-17-19-11-4-6-14-22(19)25(23-15-7-5-12-20(17)23)24-16-8-10-18-9-2-3-13-21(18)24;1-2-5-4-6-3-1/h2-16H,1H3;1-3,5H,4H2. The lowest BCUT2D eigenvalue weighted by Crippen LogP contribution is -2.06. The second kappa shape index (κ2) is 8.45. The Kier molecular flexibility index (Phi) is 5.20. The summed E-state index contributed by atoms with van der Waals surface area (Å²) >= 11 is 0. The van der Waals surface area contributed by atoms with Gasteiger partial charge >= 0.3 is 0 Å². The van der Waals surface area contributed by atoms with E-state index in [0.717, 1.165) is 6.67 Å². The van der Waals surface area contributed by atoms with Crippen LogP contribution in [0.1, 0.15) is 5.56 Å². The van der Waals surface area contributed by atoms with Crippen LogP contribution in [-0.4, -0.2) is 12.9 Å². The van der Waals surface area contributed by atoms with Crippen molar-refractivity contribution in [3.05, 3.63) is 109 Å². The highest BCUT2D eigenvalue weighted by Crippen LogP contribution is 2.41. The minimum Gasteiger partial charge on any atom is -0.372 e. The first kappa shape index (κ1) is 19.1. The zero-order valence-corrected chi connectivity index (χ0v) is 17.5.